The molecule has 120 valence electrons. The van der Waals surface area contributed by atoms with Crippen molar-refractivity contribution in [2.24, 2.45) is 5.92 Å². The minimum Gasteiger partial charge on any atom is -0.356 e. The van der Waals surface area contributed by atoms with Gasteiger partial charge < -0.3 is 10.6 Å². The zero-order chi connectivity index (χ0) is 15.6. The van der Waals surface area contributed by atoms with Crippen LogP contribution in [0.5, 0.6) is 0 Å². The van der Waals surface area contributed by atoms with E-state index >= 15 is 0 Å². The van der Waals surface area contributed by atoms with Gasteiger partial charge in [-0.3, -0.25) is 4.79 Å². The Morgan fingerprint density at radius 3 is 2.73 bits per heavy atom. The Kier molecular flexibility index (Phi) is 4.49. The molecule has 0 spiro atoms. The summed E-state index contributed by atoms with van der Waals surface area (Å²) >= 11 is 0. The lowest BCUT2D eigenvalue weighted by atomic mass is 10.0. The van der Waals surface area contributed by atoms with Gasteiger partial charge in [0.05, 0.1) is 10.6 Å². The van der Waals surface area contributed by atoms with E-state index in [1.807, 2.05) is 6.07 Å². The minimum atomic E-state index is -3.38. The number of benzene rings is 1. The molecule has 0 saturated carbocycles. The minimum absolute atomic E-state index is 0.0273. The van der Waals surface area contributed by atoms with E-state index in [-0.39, 0.29) is 18.1 Å². The number of hydrogen-bond acceptors (Lipinski definition) is 4. The molecule has 2 N–H and O–H groups in total. The predicted molar refractivity (Wildman–Crippen MR) is 84.5 cm³/mol. The third-order valence-electron chi connectivity index (χ3n) is 4.48. The van der Waals surface area contributed by atoms with Gasteiger partial charge >= 0.3 is 0 Å². The van der Waals surface area contributed by atoms with Crippen molar-refractivity contribution in [3.05, 3.63) is 29.3 Å². The Bertz CT molecular complexity index is 666. The molecule has 0 radical (unpaired) electrons. The molecule has 5 nitrogen and oxygen atoms in total. The van der Waals surface area contributed by atoms with Crippen molar-refractivity contribution in [3.8, 4) is 0 Å². The molecule has 1 aromatic rings. The summed E-state index contributed by atoms with van der Waals surface area (Å²) in [6.45, 7) is 2.48. The van der Waals surface area contributed by atoms with Crippen LogP contribution in [-0.2, 0) is 27.5 Å². The molecule has 6 heteroatoms. The average Bonchev–Trinajstić information content (AvgIpc) is 2.91. The van der Waals surface area contributed by atoms with E-state index in [1.165, 1.54) is 5.56 Å². The molecular formula is C16H22N2O3S. The van der Waals surface area contributed by atoms with Gasteiger partial charge in [-0.05, 0) is 42.5 Å². The molecule has 1 aliphatic carbocycles. The number of sulfone groups is 1. The van der Waals surface area contributed by atoms with Crippen molar-refractivity contribution >= 4 is 15.7 Å². The first-order valence-electron chi connectivity index (χ1n) is 7.86. The van der Waals surface area contributed by atoms with Crippen LogP contribution in [0.2, 0.25) is 0 Å². The Balaban J connectivity index is 1.55. The van der Waals surface area contributed by atoms with Crippen LogP contribution in [0, 0.1) is 5.92 Å². The van der Waals surface area contributed by atoms with E-state index in [2.05, 4.69) is 10.6 Å². The SMILES string of the molecule is O=C(CCS(=O)(=O)c1ccc2c(c1)CCC2)NCC1CNC1. The molecule has 1 heterocycles. The maximum absolute atomic E-state index is 12.4. The average molecular weight is 322 g/mol. The third-order valence-corrected chi connectivity index (χ3v) is 6.19. The second kappa shape index (κ2) is 6.38. The first kappa shape index (κ1) is 15.5. The number of amides is 1. The number of carbonyl (C=O) groups excluding carboxylic acids is 1. The first-order chi connectivity index (χ1) is 10.5. The van der Waals surface area contributed by atoms with Crippen molar-refractivity contribution in [2.45, 2.75) is 30.6 Å². The van der Waals surface area contributed by atoms with E-state index < -0.39 is 9.84 Å². The molecule has 0 bridgehead atoms. The van der Waals surface area contributed by atoms with Crippen molar-refractivity contribution in [1.82, 2.24) is 10.6 Å². The van der Waals surface area contributed by atoms with Crippen LogP contribution in [0.1, 0.15) is 24.0 Å². The van der Waals surface area contributed by atoms with Gasteiger partial charge in [0.25, 0.3) is 0 Å². The highest BCUT2D eigenvalue weighted by Gasteiger charge is 2.21. The summed E-state index contributed by atoms with van der Waals surface area (Å²) in [4.78, 5) is 12.1. The highest BCUT2D eigenvalue weighted by molar-refractivity contribution is 7.91. The second-order valence-electron chi connectivity index (χ2n) is 6.18. The van der Waals surface area contributed by atoms with Crippen LogP contribution in [0.3, 0.4) is 0 Å². The highest BCUT2D eigenvalue weighted by Crippen LogP contribution is 2.25. The van der Waals surface area contributed by atoms with Gasteiger partial charge in [-0.15, -0.1) is 0 Å². The number of fused-ring (bicyclic) bond motifs is 1. The van der Waals surface area contributed by atoms with Crippen LogP contribution in [0.4, 0.5) is 0 Å². The van der Waals surface area contributed by atoms with Crippen molar-refractivity contribution in [3.63, 3.8) is 0 Å². The first-order valence-corrected chi connectivity index (χ1v) is 9.52. The zero-order valence-corrected chi connectivity index (χ0v) is 13.4. The Hall–Kier alpha value is -1.40. The number of hydrogen-bond donors (Lipinski definition) is 2. The molecule has 1 fully saturated rings. The van der Waals surface area contributed by atoms with Crippen LogP contribution in [0.25, 0.3) is 0 Å². The molecule has 0 unspecified atom stereocenters. The summed E-state index contributed by atoms with van der Waals surface area (Å²) in [6, 6.07) is 5.38. The van der Waals surface area contributed by atoms with Crippen molar-refractivity contribution < 1.29 is 13.2 Å². The summed E-state index contributed by atoms with van der Waals surface area (Å²) in [5, 5.41) is 5.94. The monoisotopic (exact) mass is 322 g/mol. The lowest BCUT2D eigenvalue weighted by Gasteiger charge is -2.27. The van der Waals surface area contributed by atoms with Gasteiger partial charge in [0, 0.05) is 32.0 Å². The topological polar surface area (TPSA) is 75.3 Å². The fourth-order valence-electron chi connectivity index (χ4n) is 2.93. The lowest BCUT2D eigenvalue weighted by Crippen LogP contribution is -2.48. The summed E-state index contributed by atoms with van der Waals surface area (Å²) < 4.78 is 24.7. The molecular weight excluding hydrogens is 300 g/mol. The second-order valence-corrected chi connectivity index (χ2v) is 8.29. The normalized spacial score (nSPS) is 17.8. The highest BCUT2D eigenvalue weighted by atomic mass is 32.2. The van der Waals surface area contributed by atoms with Gasteiger partial charge in [-0.25, -0.2) is 8.42 Å². The molecule has 22 heavy (non-hydrogen) atoms. The number of aryl methyl sites for hydroxylation is 2. The van der Waals surface area contributed by atoms with E-state index in [4.69, 9.17) is 0 Å². The van der Waals surface area contributed by atoms with E-state index in [0.29, 0.717) is 17.4 Å². The van der Waals surface area contributed by atoms with Crippen LogP contribution >= 0.6 is 0 Å². The summed E-state index contributed by atoms with van der Waals surface area (Å²) in [6.07, 6.45) is 3.11. The fraction of sp³-hybridized carbons (Fsp3) is 0.562. The van der Waals surface area contributed by atoms with Gasteiger partial charge in [0.1, 0.15) is 0 Å². The fourth-order valence-corrected chi connectivity index (χ4v) is 4.21. The number of nitrogens with one attached hydrogen (secondary N) is 2. The van der Waals surface area contributed by atoms with E-state index in [1.54, 1.807) is 12.1 Å². The van der Waals surface area contributed by atoms with Crippen LogP contribution in [-0.4, -0.2) is 39.7 Å². The Morgan fingerprint density at radius 1 is 1.23 bits per heavy atom. The maximum atomic E-state index is 12.4. The molecule has 1 aliphatic heterocycles. The molecule has 1 aromatic carbocycles. The molecule has 0 aromatic heterocycles. The van der Waals surface area contributed by atoms with Gasteiger partial charge in [-0.1, -0.05) is 6.07 Å². The van der Waals surface area contributed by atoms with Crippen molar-refractivity contribution in [2.75, 3.05) is 25.4 Å². The standard InChI is InChI=1S/C16H22N2O3S/c19-16(18-11-12-9-17-10-12)6-7-22(20,21)15-5-4-13-2-1-3-14(13)8-15/h4-5,8,12,17H,1-3,6-7,9-11H2,(H,18,19). The van der Waals surface area contributed by atoms with Gasteiger partial charge in [0.2, 0.25) is 5.91 Å². The molecule has 2 aliphatic rings. The third kappa shape index (κ3) is 3.50. The Labute approximate surface area is 131 Å². The quantitative estimate of drug-likeness (QED) is 0.807. The zero-order valence-electron chi connectivity index (χ0n) is 12.6. The molecule has 0 atom stereocenters. The molecule has 1 amide bonds. The summed E-state index contributed by atoms with van der Waals surface area (Å²) in [5.74, 6) is 0.175. The van der Waals surface area contributed by atoms with E-state index in [9.17, 15) is 13.2 Å². The smallest absolute Gasteiger partial charge is 0.221 e. The predicted octanol–water partition coefficient (Wildman–Crippen LogP) is 0.675. The maximum Gasteiger partial charge on any atom is 0.221 e. The van der Waals surface area contributed by atoms with Gasteiger partial charge in [0.15, 0.2) is 9.84 Å². The summed E-state index contributed by atoms with van der Waals surface area (Å²) in [7, 11) is -3.38. The van der Waals surface area contributed by atoms with Crippen LogP contribution < -0.4 is 10.6 Å². The molecule has 3 rings (SSSR count). The van der Waals surface area contributed by atoms with E-state index in [0.717, 1.165) is 37.9 Å². The Morgan fingerprint density at radius 2 is 2.00 bits per heavy atom. The lowest BCUT2D eigenvalue weighted by molar-refractivity contribution is -0.120. The number of carbonyl (C=O) groups is 1. The van der Waals surface area contributed by atoms with Crippen LogP contribution in [0.15, 0.2) is 23.1 Å². The number of rotatable bonds is 6. The summed E-state index contributed by atoms with van der Waals surface area (Å²) in [5.41, 5.74) is 2.40. The largest absolute Gasteiger partial charge is 0.356 e. The van der Waals surface area contributed by atoms with Crippen molar-refractivity contribution in [1.29, 1.82) is 0 Å². The molecule has 1 saturated heterocycles. The van der Waals surface area contributed by atoms with Gasteiger partial charge in [-0.2, -0.15) is 0 Å².